The normalized spacial score (nSPS) is 10.2. The molecule has 1 aromatic heterocycles. The van der Waals surface area contributed by atoms with Gasteiger partial charge < -0.3 is 10.2 Å². The molecule has 0 fully saturated rings. The summed E-state index contributed by atoms with van der Waals surface area (Å²) in [5.74, 6) is -0.282. The zero-order valence-corrected chi connectivity index (χ0v) is 13.9. The topological polar surface area (TPSA) is 66.5 Å². The summed E-state index contributed by atoms with van der Waals surface area (Å²) >= 11 is 1.37. The van der Waals surface area contributed by atoms with Crippen molar-refractivity contribution in [3.05, 3.63) is 52.2 Å². The first-order valence-electron chi connectivity index (χ1n) is 7.20. The second-order valence-electron chi connectivity index (χ2n) is 5.01. The quantitative estimate of drug-likeness (QED) is 0.828. The van der Waals surface area contributed by atoms with Gasteiger partial charge >= 0.3 is 0 Å². The lowest BCUT2D eigenvalue weighted by molar-refractivity contribution is -0.116. The second kappa shape index (κ2) is 7.69. The molecule has 0 spiro atoms. The van der Waals surface area contributed by atoms with Gasteiger partial charge in [0.25, 0.3) is 5.91 Å². The largest absolute Gasteiger partial charge is 0.350 e. The third-order valence-electron chi connectivity index (χ3n) is 3.33. The minimum absolute atomic E-state index is 0.0193. The van der Waals surface area contributed by atoms with Crippen LogP contribution in [0, 0.1) is 0 Å². The molecule has 0 aliphatic carbocycles. The molecule has 6 heteroatoms. The summed E-state index contributed by atoms with van der Waals surface area (Å²) in [7, 11) is 0. The maximum Gasteiger partial charge on any atom is 0.261 e. The summed E-state index contributed by atoms with van der Waals surface area (Å²) in [4.78, 5) is 37.2. The predicted octanol–water partition coefficient (Wildman–Crippen LogP) is 2.73. The first-order chi connectivity index (χ1) is 11.0. The monoisotopic (exact) mass is 330 g/mol. The highest BCUT2D eigenvalue weighted by Gasteiger charge is 2.13. The molecule has 5 nitrogen and oxygen atoms in total. The average molecular weight is 330 g/mol. The SMILES string of the molecule is CC(=O)c1ccc(N(CCNC(=O)c2cccs2)C(C)=O)cc1. The molecule has 0 unspecified atom stereocenters. The fourth-order valence-electron chi connectivity index (χ4n) is 2.12. The Morgan fingerprint density at radius 3 is 2.30 bits per heavy atom. The van der Waals surface area contributed by atoms with Crippen molar-refractivity contribution >= 4 is 34.6 Å². The van der Waals surface area contributed by atoms with E-state index in [0.29, 0.717) is 29.2 Å². The van der Waals surface area contributed by atoms with Gasteiger partial charge in [-0.2, -0.15) is 0 Å². The smallest absolute Gasteiger partial charge is 0.261 e. The lowest BCUT2D eigenvalue weighted by Crippen LogP contribution is -2.37. The summed E-state index contributed by atoms with van der Waals surface area (Å²) in [6.45, 7) is 3.69. The van der Waals surface area contributed by atoms with Crippen LogP contribution in [0.1, 0.15) is 33.9 Å². The van der Waals surface area contributed by atoms with E-state index in [0.717, 1.165) is 0 Å². The molecule has 1 heterocycles. The summed E-state index contributed by atoms with van der Waals surface area (Å²) in [5, 5.41) is 4.63. The number of hydrogen-bond donors (Lipinski definition) is 1. The summed E-state index contributed by atoms with van der Waals surface area (Å²) in [5.41, 5.74) is 1.30. The molecule has 2 amide bonds. The minimum atomic E-state index is -0.143. The maximum absolute atomic E-state index is 11.9. The molecular weight excluding hydrogens is 312 g/mol. The van der Waals surface area contributed by atoms with Crippen molar-refractivity contribution in [1.82, 2.24) is 5.32 Å². The maximum atomic E-state index is 11.9. The molecule has 1 aromatic carbocycles. The Bertz CT molecular complexity index is 693. The first kappa shape index (κ1) is 16.9. The van der Waals surface area contributed by atoms with Gasteiger partial charge in [-0.15, -0.1) is 11.3 Å². The molecule has 23 heavy (non-hydrogen) atoms. The van der Waals surface area contributed by atoms with E-state index in [4.69, 9.17) is 0 Å². The zero-order chi connectivity index (χ0) is 16.8. The number of nitrogens with zero attached hydrogens (tertiary/aromatic N) is 1. The van der Waals surface area contributed by atoms with Crippen LogP contribution in [0.5, 0.6) is 0 Å². The fraction of sp³-hybridized carbons (Fsp3) is 0.235. The van der Waals surface area contributed by atoms with E-state index in [1.807, 2.05) is 11.4 Å². The molecule has 120 valence electrons. The zero-order valence-electron chi connectivity index (χ0n) is 13.0. The number of carbonyl (C=O) groups excluding carboxylic acids is 3. The van der Waals surface area contributed by atoms with E-state index in [2.05, 4.69) is 5.32 Å². The lowest BCUT2D eigenvalue weighted by Gasteiger charge is -2.21. The van der Waals surface area contributed by atoms with E-state index in [-0.39, 0.29) is 17.6 Å². The first-order valence-corrected chi connectivity index (χ1v) is 8.08. The molecule has 0 aliphatic heterocycles. The number of carbonyl (C=O) groups is 3. The predicted molar refractivity (Wildman–Crippen MR) is 91.1 cm³/mol. The number of rotatable bonds is 6. The average Bonchev–Trinajstić information content (AvgIpc) is 3.05. The minimum Gasteiger partial charge on any atom is -0.350 e. The van der Waals surface area contributed by atoms with Crippen molar-refractivity contribution in [2.24, 2.45) is 0 Å². The summed E-state index contributed by atoms with van der Waals surface area (Å²) in [6.07, 6.45) is 0. The van der Waals surface area contributed by atoms with Gasteiger partial charge in [-0.25, -0.2) is 0 Å². The van der Waals surface area contributed by atoms with Gasteiger partial charge in [0.2, 0.25) is 5.91 Å². The van der Waals surface area contributed by atoms with Crippen LogP contribution in [0.4, 0.5) is 5.69 Å². The third-order valence-corrected chi connectivity index (χ3v) is 4.20. The number of ketones is 1. The molecule has 0 saturated carbocycles. The number of thiophene rings is 1. The lowest BCUT2D eigenvalue weighted by atomic mass is 10.1. The number of nitrogens with one attached hydrogen (secondary N) is 1. The summed E-state index contributed by atoms with van der Waals surface area (Å²) in [6, 6.07) is 10.4. The molecule has 0 radical (unpaired) electrons. The number of amides is 2. The highest BCUT2D eigenvalue weighted by atomic mass is 32.1. The van der Waals surface area contributed by atoms with Crippen LogP contribution >= 0.6 is 11.3 Å². The van der Waals surface area contributed by atoms with Crippen LogP contribution in [-0.2, 0) is 4.79 Å². The molecule has 1 N–H and O–H groups in total. The van der Waals surface area contributed by atoms with Crippen LogP contribution in [0.15, 0.2) is 41.8 Å². The van der Waals surface area contributed by atoms with Gasteiger partial charge in [0.05, 0.1) is 4.88 Å². The van der Waals surface area contributed by atoms with Crippen molar-refractivity contribution in [1.29, 1.82) is 0 Å². The van der Waals surface area contributed by atoms with Crippen molar-refractivity contribution < 1.29 is 14.4 Å². The standard InChI is InChI=1S/C17H18N2O3S/c1-12(20)14-5-7-15(8-6-14)19(13(2)21)10-9-18-17(22)16-4-3-11-23-16/h3-8,11H,9-10H2,1-2H3,(H,18,22). The molecule has 0 bridgehead atoms. The number of Topliss-reactive ketones (excluding diaryl/α,β-unsaturated/α-hetero) is 1. The Kier molecular flexibility index (Phi) is 5.65. The van der Waals surface area contributed by atoms with Crippen molar-refractivity contribution in [3.63, 3.8) is 0 Å². The Labute approximate surface area is 138 Å². The van der Waals surface area contributed by atoms with Crippen LogP contribution < -0.4 is 10.2 Å². The number of hydrogen-bond acceptors (Lipinski definition) is 4. The van der Waals surface area contributed by atoms with Crippen LogP contribution in [-0.4, -0.2) is 30.7 Å². The van der Waals surface area contributed by atoms with Crippen LogP contribution in [0.3, 0.4) is 0 Å². The van der Waals surface area contributed by atoms with E-state index < -0.39 is 0 Å². The van der Waals surface area contributed by atoms with Gasteiger partial charge in [-0.3, -0.25) is 14.4 Å². The van der Waals surface area contributed by atoms with E-state index in [1.165, 1.54) is 25.2 Å². The van der Waals surface area contributed by atoms with Gasteiger partial charge in [-0.1, -0.05) is 6.07 Å². The highest BCUT2D eigenvalue weighted by Crippen LogP contribution is 2.16. The van der Waals surface area contributed by atoms with Crippen molar-refractivity contribution in [3.8, 4) is 0 Å². The molecule has 2 aromatic rings. The molecule has 0 atom stereocenters. The Balaban J connectivity index is 1.97. The van der Waals surface area contributed by atoms with Crippen LogP contribution in [0.2, 0.25) is 0 Å². The van der Waals surface area contributed by atoms with Gasteiger partial charge in [0, 0.05) is 31.3 Å². The number of benzene rings is 1. The van der Waals surface area contributed by atoms with Gasteiger partial charge in [0.1, 0.15) is 0 Å². The van der Waals surface area contributed by atoms with Gasteiger partial charge in [-0.05, 0) is 42.6 Å². The Hall–Kier alpha value is -2.47. The van der Waals surface area contributed by atoms with Crippen molar-refractivity contribution in [2.75, 3.05) is 18.0 Å². The van der Waals surface area contributed by atoms with E-state index in [9.17, 15) is 14.4 Å². The third kappa shape index (κ3) is 4.50. The molecule has 0 aliphatic rings. The van der Waals surface area contributed by atoms with Gasteiger partial charge in [0.15, 0.2) is 5.78 Å². The Morgan fingerprint density at radius 1 is 1.09 bits per heavy atom. The Morgan fingerprint density at radius 2 is 1.78 bits per heavy atom. The van der Waals surface area contributed by atoms with E-state index in [1.54, 1.807) is 35.2 Å². The fourth-order valence-corrected chi connectivity index (χ4v) is 2.76. The molecule has 0 saturated heterocycles. The molecular formula is C17H18N2O3S. The highest BCUT2D eigenvalue weighted by molar-refractivity contribution is 7.12. The molecule has 2 rings (SSSR count). The van der Waals surface area contributed by atoms with E-state index >= 15 is 0 Å². The number of anilines is 1. The summed E-state index contributed by atoms with van der Waals surface area (Å²) < 4.78 is 0. The van der Waals surface area contributed by atoms with Crippen molar-refractivity contribution in [2.45, 2.75) is 13.8 Å². The second-order valence-corrected chi connectivity index (χ2v) is 5.95. The van der Waals surface area contributed by atoms with Crippen LogP contribution in [0.25, 0.3) is 0 Å².